The molecule has 4 rings (SSSR count). The van der Waals surface area contributed by atoms with Crippen molar-refractivity contribution in [1.82, 2.24) is 10.3 Å². The molecule has 2 heterocycles. The molecular weight excluding hydrogens is 366 g/mol. The van der Waals surface area contributed by atoms with Gasteiger partial charge in [0.25, 0.3) is 0 Å². The van der Waals surface area contributed by atoms with Crippen LogP contribution in [0.1, 0.15) is 28.8 Å². The van der Waals surface area contributed by atoms with Crippen molar-refractivity contribution in [3.63, 3.8) is 0 Å². The first-order chi connectivity index (χ1) is 14.0. The number of nitrogens with one attached hydrogen (secondary N) is 2. The van der Waals surface area contributed by atoms with E-state index in [0.29, 0.717) is 19.4 Å². The molecule has 6 nitrogen and oxygen atoms in total. The van der Waals surface area contributed by atoms with Gasteiger partial charge >= 0.3 is 0 Å². The quantitative estimate of drug-likeness (QED) is 0.535. The third-order valence-electron chi connectivity index (χ3n) is 5.39. The van der Waals surface area contributed by atoms with Crippen LogP contribution in [0, 0.1) is 6.92 Å². The minimum Gasteiger partial charge on any atom is -0.392 e. The number of hydrogen-bond donors (Lipinski definition) is 4. The number of hydrogen-bond acceptors (Lipinski definition) is 5. The lowest BCUT2D eigenvalue weighted by Crippen LogP contribution is -2.35. The van der Waals surface area contributed by atoms with E-state index in [1.54, 1.807) is 0 Å². The number of β-amino-alcohol motifs (C(OH)–C–C–N with tert-alkyl or cyclic N) is 1. The number of carbonyl (C=O) groups excluding carboxylic acids is 1. The lowest BCUT2D eigenvalue weighted by molar-refractivity contribution is -0.117. The number of carbonyl (C=O) groups is 1. The number of rotatable bonds is 5. The van der Waals surface area contributed by atoms with Gasteiger partial charge in [0.05, 0.1) is 24.3 Å². The van der Waals surface area contributed by atoms with Crippen molar-refractivity contribution in [2.24, 2.45) is 0 Å². The molecule has 0 aliphatic carbocycles. The summed E-state index contributed by atoms with van der Waals surface area (Å²) in [5.74, 6) is -0.136. The second kappa shape index (κ2) is 8.29. The number of benzene rings is 2. The van der Waals surface area contributed by atoms with Gasteiger partial charge in [-0.1, -0.05) is 36.4 Å². The minimum absolute atomic E-state index is 0.0316. The standard InChI is InChI=1S/C23H25N3O3/c1-14-9-17(13-27)19-7-4-6-16(22(19)25-14)10-15-5-2-3-8-20(15)26-23(29)21-11-18(28)12-24-21/h2-9,18,21,24,27-28H,10-13H2,1H3,(H,26,29)/t18-,21+/m1/s1. The number of aliphatic hydroxyl groups is 2. The van der Waals surface area contributed by atoms with Gasteiger partial charge in [-0.15, -0.1) is 0 Å². The summed E-state index contributed by atoms with van der Waals surface area (Å²) in [5, 5.41) is 26.4. The van der Waals surface area contributed by atoms with E-state index in [1.807, 2.05) is 55.5 Å². The molecule has 0 spiro atoms. The summed E-state index contributed by atoms with van der Waals surface area (Å²) < 4.78 is 0. The summed E-state index contributed by atoms with van der Waals surface area (Å²) in [6.07, 6.45) is 0.548. The molecule has 29 heavy (non-hydrogen) atoms. The molecule has 0 radical (unpaired) electrons. The van der Waals surface area contributed by atoms with Crippen LogP contribution in [0.5, 0.6) is 0 Å². The van der Waals surface area contributed by atoms with E-state index in [4.69, 9.17) is 4.98 Å². The Bertz CT molecular complexity index is 1050. The van der Waals surface area contributed by atoms with E-state index in [2.05, 4.69) is 10.6 Å². The molecule has 2 atom stereocenters. The van der Waals surface area contributed by atoms with Crippen molar-refractivity contribution in [3.8, 4) is 0 Å². The van der Waals surface area contributed by atoms with Crippen LogP contribution in [0.15, 0.2) is 48.5 Å². The van der Waals surface area contributed by atoms with Gasteiger partial charge in [-0.2, -0.15) is 0 Å². The SMILES string of the molecule is Cc1cc(CO)c2cccc(Cc3ccccc3NC(=O)[C@@H]3C[C@@H](O)CN3)c2n1. The number of aryl methyl sites for hydroxylation is 1. The Morgan fingerprint density at radius 3 is 2.72 bits per heavy atom. The Labute approximate surface area is 169 Å². The van der Waals surface area contributed by atoms with Gasteiger partial charge in [0, 0.05) is 29.7 Å². The minimum atomic E-state index is -0.480. The number of aliphatic hydroxyl groups excluding tert-OH is 2. The molecular formula is C23H25N3O3. The van der Waals surface area contributed by atoms with Crippen LogP contribution < -0.4 is 10.6 Å². The number of aromatic nitrogens is 1. The highest BCUT2D eigenvalue weighted by molar-refractivity contribution is 5.96. The van der Waals surface area contributed by atoms with Crippen LogP contribution in [0.4, 0.5) is 5.69 Å². The van der Waals surface area contributed by atoms with Gasteiger partial charge in [-0.3, -0.25) is 9.78 Å². The van der Waals surface area contributed by atoms with Crippen LogP contribution in [0.3, 0.4) is 0 Å². The molecule has 3 aromatic rings. The molecule has 6 heteroatoms. The first-order valence-electron chi connectivity index (χ1n) is 9.84. The zero-order valence-electron chi connectivity index (χ0n) is 16.4. The van der Waals surface area contributed by atoms with Crippen LogP contribution in [-0.2, 0) is 17.8 Å². The summed E-state index contributed by atoms with van der Waals surface area (Å²) in [5.41, 5.74) is 5.38. The third-order valence-corrected chi connectivity index (χ3v) is 5.39. The maximum atomic E-state index is 12.6. The van der Waals surface area contributed by atoms with Gasteiger partial charge in [0.1, 0.15) is 0 Å². The molecule has 1 fully saturated rings. The van der Waals surface area contributed by atoms with Gasteiger partial charge in [0.15, 0.2) is 0 Å². The Balaban J connectivity index is 1.64. The Morgan fingerprint density at radius 1 is 1.17 bits per heavy atom. The first-order valence-corrected chi connectivity index (χ1v) is 9.84. The van der Waals surface area contributed by atoms with Crippen LogP contribution in [-0.4, -0.2) is 39.8 Å². The van der Waals surface area contributed by atoms with E-state index in [9.17, 15) is 15.0 Å². The highest BCUT2D eigenvalue weighted by Crippen LogP contribution is 2.26. The fourth-order valence-electron chi connectivity index (χ4n) is 3.93. The molecule has 2 aromatic carbocycles. The summed E-state index contributed by atoms with van der Waals surface area (Å²) in [6.45, 7) is 2.33. The molecule has 1 aliphatic rings. The van der Waals surface area contributed by atoms with Crippen molar-refractivity contribution < 1.29 is 15.0 Å². The van der Waals surface area contributed by atoms with Gasteiger partial charge < -0.3 is 20.8 Å². The molecule has 0 saturated carbocycles. The van der Waals surface area contributed by atoms with Gasteiger partial charge in [-0.05, 0) is 42.2 Å². The summed E-state index contributed by atoms with van der Waals surface area (Å²) in [4.78, 5) is 17.3. The lowest BCUT2D eigenvalue weighted by atomic mass is 9.98. The smallest absolute Gasteiger partial charge is 0.241 e. The second-order valence-electron chi connectivity index (χ2n) is 7.57. The van der Waals surface area contributed by atoms with E-state index in [0.717, 1.165) is 39.0 Å². The monoisotopic (exact) mass is 391 g/mol. The van der Waals surface area contributed by atoms with Crippen LogP contribution in [0.25, 0.3) is 10.9 Å². The molecule has 4 N–H and O–H groups in total. The Morgan fingerprint density at radius 2 is 1.97 bits per heavy atom. The van der Waals surface area contributed by atoms with Crippen LogP contribution >= 0.6 is 0 Å². The fourth-order valence-corrected chi connectivity index (χ4v) is 3.93. The number of fused-ring (bicyclic) bond motifs is 1. The largest absolute Gasteiger partial charge is 0.392 e. The zero-order valence-corrected chi connectivity index (χ0v) is 16.4. The predicted octanol–water partition coefficient (Wildman–Crippen LogP) is 2.29. The summed E-state index contributed by atoms with van der Waals surface area (Å²) >= 11 is 0. The zero-order chi connectivity index (χ0) is 20.4. The molecule has 1 amide bonds. The van der Waals surface area contributed by atoms with Crippen molar-refractivity contribution in [3.05, 3.63) is 70.9 Å². The Hall–Kier alpha value is -2.80. The average Bonchev–Trinajstić information content (AvgIpc) is 3.16. The lowest BCUT2D eigenvalue weighted by Gasteiger charge is -2.15. The van der Waals surface area contributed by atoms with E-state index < -0.39 is 6.10 Å². The number of nitrogens with zero attached hydrogens (tertiary/aromatic N) is 1. The number of amides is 1. The topological polar surface area (TPSA) is 94.5 Å². The van der Waals surface area contributed by atoms with Gasteiger partial charge in [0.2, 0.25) is 5.91 Å². The third kappa shape index (κ3) is 4.15. The number of anilines is 1. The van der Waals surface area contributed by atoms with Crippen molar-refractivity contribution in [1.29, 1.82) is 0 Å². The van der Waals surface area contributed by atoms with Crippen molar-refractivity contribution in [2.75, 3.05) is 11.9 Å². The maximum Gasteiger partial charge on any atom is 0.241 e. The maximum absolute atomic E-state index is 12.6. The first kappa shape index (κ1) is 19.5. The van der Waals surface area contributed by atoms with Gasteiger partial charge in [-0.25, -0.2) is 0 Å². The predicted molar refractivity (Wildman–Crippen MR) is 113 cm³/mol. The molecule has 1 aromatic heterocycles. The van der Waals surface area contributed by atoms with Crippen molar-refractivity contribution in [2.45, 2.75) is 38.5 Å². The molecule has 0 bridgehead atoms. The highest BCUT2D eigenvalue weighted by atomic mass is 16.3. The Kier molecular flexibility index (Phi) is 5.58. The number of para-hydroxylation sites is 2. The highest BCUT2D eigenvalue weighted by Gasteiger charge is 2.28. The molecule has 1 aliphatic heterocycles. The molecule has 150 valence electrons. The molecule has 1 saturated heterocycles. The second-order valence-corrected chi connectivity index (χ2v) is 7.57. The normalized spacial score (nSPS) is 18.9. The fraction of sp³-hybridized carbons (Fsp3) is 0.304. The van der Waals surface area contributed by atoms with E-state index in [1.165, 1.54) is 0 Å². The van der Waals surface area contributed by atoms with E-state index >= 15 is 0 Å². The van der Waals surface area contributed by atoms with Crippen molar-refractivity contribution >= 4 is 22.5 Å². The summed E-state index contributed by atoms with van der Waals surface area (Å²) in [7, 11) is 0. The number of pyridine rings is 1. The molecule has 0 unspecified atom stereocenters. The average molecular weight is 391 g/mol. The summed E-state index contributed by atoms with van der Waals surface area (Å²) in [6, 6.07) is 15.2. The van der Waals surface area contributed by atoms with E-state index in [-0.39, 0.29) is 18.6 Å². The van der Waals surface area contributed by atoms with Crippen LogP contribution in [0.2, 0.25) is 0 Å².